The van der Waals surface area contributed by atoms with Gasteiger partial charge < -0.3 is 13.7 Å². The Balaban J connectivity index is 1.80. The molecule has 1 atom stereocenters. The van der Waals surface area contributed by atoms with Gasteiger partial charge in [0.15, 0.2) is 11.0 Å². The zero-order valence-corrected chi connectivity index (χ0v) is 10.5. The predicted molar refractivity (Wildman–Crippen MR) is 63.9 cm³/mol. The summed E-state index contributed by atoms with van der Waals surface area (Å²) in [5.41, 5.74) is 0.885. The van der Waals surface area contributed by atoms with E-state index in [0.717, 1.165) is 16.5 Å². The molecule has 0 radical (unpaired) electrons. The molecule has 1 fully saturated rings. The number of hydrogen-bond donors (Lipinski definition) is 0. The largest absolute Gasteiger partial charge is 0.472 e. The first-order chi connectivity index (χ1) is 8.74. The van der Waals surface area contributed by atoms with Crippen molar-refractivity contribution < 1.29 is 13.9 Å². The molecular weight excluding hydrogens is 254 g/mol. The highest BCUT2D eigenvalue weighted by molar-refractivity contribution is 7.99. The third-order valence-corrected chi connectivity index (χ3v) is 3.91. The van der Waals surface area contributed by atoms with Crippen molar-refractivity contribution >= 4 is 17.7 Å². The third kappa shape index (κ3) is 2.01. The monoisotopic (exact) mass is 265 g/mol. The molecule has 3 heterocycles. The number of aromatic nitrogens is 3. The number of ether oxygens (including phenoxy) is 1. The number of esters is 1. The van der Waals surface area contributed by atoms with Gasteiger partial charge in [-0.05, 0) is 6.07 Å². The molecule has 2 aromatic heterocycles. The Kier molecular flexibility index (Phi) is 2.83. The van der Waals surface area contributed by atoms with Crippen molar-refractivity contribution in [1.29, 1.82) is 0 Å². The quantitative estimate of drug-likeness (QED) is 0.783. The van der Waals surface area contributed by atoms with E-state index in [2.05, 4.69) is 10.2 Å². The van der Waals surface area contributed by atoms with Gasteiger partial charge in [-0.2, -0.15) is 0 Å². The van der Waals surface area contributed by atoms with Gasteiger partial charge in [0.25, 0.3) is 0 Å². The normalized spacial score (nSPS) is 19.2. The number of hydrogen-bond acceptors (Lipinski definition) is 6. The van der Waals surface area contributed by atoms with Crippen LogP contribution in [0.2, 0.25) is 0 Å². The highest BCUT2D eigenvalue weighted by Crippen LogP contribution is 2.29. The lowest BCUT2D eigenvalue weighted by Crippen LogP contribution is -2.03. The first kappa shape index (κ1) is 11.3. The molecule has 94 valence electrons. The smallest absolute Gasteiger partial charge is 0.307 e. The van der Waals surface area contributed by atoms with Crippen LogP contribution < -0.4 is 0 Å². The molecule has 0 saturated carbocycles. The molecule has 0 bridgehead atoms. The summed E-state index contributed by atoms with van der Waals surface area (Å²) in [6.07, 6.45) is 3.65. The van der Waals surface area contributed by atoms with E-state index in [9.17, 15) is 4.79 Å². The van der Waals surface area contributed by atoms with Gasteiger partial charge in [0.05, 0.1) is 23.5 Å². The molecular formula is C11H11N3O3S. The van der Waals surface area contributed by atoms with Gasteiger partial charge in [0, 0.05) is 7.05 Å². The molecule has 6 nitrogen and oxygen atoms in total. The maximum atomic E-state index is 11.0. The minimum Gasteiger partial charge on any atom is -0.472 e. The van der Waals surface area contributed by atoms with Crippen LogP contribution >= 0.6 is 11.8 Å². The number of cyclic esters (lactones) is 1. The van der Waals surface area contributed by atoms with Crippen molar-refractivity contribution in [2.24, 2.45) is 7.05 Å². The van der Waals surface area contributed by atoms with Crippen LogP contribution in [0.3, 0.4) is 0 Å². The summed E-state index contributed by atoms with van der Waals surface area (Å²) in [5, 5.41) is 9.15. The molecule has 1 aliphatic heterocycles. The average Bonchev–Trinajstić information content (AvgIpc) is 3.04. The Hall–Kier alpha value is -1.76. The van der Waals surface area contributed by atoms with Gasteiger partial charge in [-0.1, -0.05) is 11.8 Å². The molecule has 0 unspecified atom stereocenters. The lowest BCUT2D eigenvalue weighted by atomic mass is 10.3. The average molecular weight is 265 g/mol. The van der Waals surface area contributed by atoms with E-state index in [1.165, 1.54) is 11.8 Å². The van der Waals surface area contributed by atoms with Gasteiger partial charge >= 0.3 is 5.97 Å². The van der Waals surface area contributed by atoms with E-state index in [1.54, 1.807) is 12.5 Å². The second-order valence-corrected chi connectivity index (χ2v) is 5.27. The second kappa shape index (κ2) is 4.49. The van der Waals surface area contributed by atoms with E-state index in [1.807, 2.05) is 17.7 Å². The van der Waals surface area contributed by atoms with Crippen molar-refractivity contribution in [2.75, 3.05) is 6.61 Å². The molecule has 0 aliphatic carbocycles. The van der Waals surface area contributed by atoms with Crippen molar-refractivity contribution in [3.63, 3.8) is 0 Å². The lowest BCUT2D eigenvalue weighted by molar-refractivity contribution is -0.137. The van der Waals surface area contributed by atoms with Crippen molar-refractivity contribution in [1.82, 2.24) is 14.8 Å². The van der Waals surface area contributed by atoms with Crippen molar-refractivity contribution in [3.8, 4) is 11.4 Å². The summed E-state index contributed by atoms with van der Waals surface area (Å²) in [6, 6.07) is 1.83. The van der Waals surface area contributed by atoms with Crippen LogP contribution in [-0.2, 0) is 16.6 Å². The molecule has 3 rings (SSSR count). The Morgan fingerprint density at radius 3 is 3.06 bits per heavy atom. The number of carbonyl (C=O) groups is 1. The predicted octanol–water partition coefficient (Wildman–Crippen LogP) is 1.48. The van der Waals surface area contributed by atoms with Crippen LogP contribution in [-0.4, -0.2) is 32.6 Å². The summed E-state index contributed by atoms with van der Waals surface area (Å²) in [7, 11) is 1.89. The first-order valence-electron chi connectivity index (χ1n) is 5.48. The Bertz CT molecular complexity index is 564. The number of nitrogens with zero attached hydrogens (tertiary/aromatic N) is 3. The fraction of sp³-hybridized carbons (Fsp3) is 0.364. The zero-order valence-electron chi connectivity index (χ0n) is 9.70. The topological polar surface area (TPSA) is 70.2 Å². The highest BCUT2D eigenvalue weighted by Gasteiger charge is 2.26. The number of rotatable bonds is 3. The van der Waals surface area contributed by atoms with E-state index < -0.39 is 0 Å². The molecule has 1 saturated heterocycles. The summed E-state index contributed by atoms with van der Waals surface area (Å²) in [5.74, 6) is 0.598. The Morgan fingerprint density at radius 1 is 1.50 bits per heavy atom. The highest BCUT2D eigenvalue weighted by atomic mass is 32.2. The molecule has 2 aromatic rings. The van der Waals surface area contributed by atoms with Crippen LogP contribution in [0, 0.1) is 0 Å². The van der Waals surface area contributed by atoms with Gasteiger partial charge in [-0.15, -0.1) is 10.2 Å². The van der Waals surface area contributed by atoms with Crippen molar-refractivity contribution in [3.05, 3.63) is 18.6 Å². The molecule has 7 heteroatoms. The molecule has 0 amide bonds. The van der Waals surface area contributed by atoms with Gasteiger partial charge in [0.2, 0.25) is 0 Å². The minimum atomic E-state index is -0.148. The van der Waals surface area contributed by atoms with E-state index >= 15 is 0 Å². The molecule has 0 aromatic carbocycles. The van der Waals surface area contributed by atoms with Crippen LogP contribution in [0.5, 0.6) is 0 Å². The van der Waals surface area contributed by atoms with Gasteiger partial charge in [-0.25, -0.2) is 0 Å². The lowest BCUT2D eigenvalue weighted by Gasteiger charge is -2.05. The molecule has 0 spiro atoms. The SMILES string of the molecule is Cn1c(S[C@@H]2COC(=O)C2)nnc1-c1ccoc1. The van der Waals surface area contributed by atoms with Crippen LogP contribution in [0.25, 0.3) is 11.4 Å². The Morgan fingerprint density at radius 2 is 2.39 bits per heavy atom. The van der Waals surface area contributed by atoms with Crippen LogP contribution in [0.1, 0.15) is 6.42 Å². The van der Waals surface area contributed by atoms with E-state index in [0.29, 0.717) is 13.0 Å². The second-order valence-electron chi connectivity index (χ2n) is 4.00. The molecule has 0 N–H and O–H groups in total. The summed E-state index contributed by atoms with van der Waals surface area (Å²) >= 11 is 1.51. The number of furan rings is 1. The summed E-state index contributed by atoms with van der Waals surface area (Å²) < 4.78 is 11.8. The fourth-order valence-electron chi connectivity index (χ4n) is 1.77. The van der Waals surface area contributed by atoms with Gasteiger partial charge in [-0.3, -0.25) is 4.79 Å². The zero-order chi connectivity index (χ0) is 12.5. The molecule has 1 aliphatic rings. The number of carbonyl (C=O) groups excluding carboxylic acids is 1. The Labute approximate surface area is 107 Å². The standard InChI is InChI=1S/C11H11N3O3S/c1-14-10(7-2-3-16-5-7)12-13-11(14)18-8-4-9(15)17-6-8/h2-3,5,8H,4,6H2,1H3/t8-/m0/s1. The van der Waals surface area contributed by atoms with Crippen molar-refractivity contribution in [2.45, 2.75) is 16.8 Å². The molecule has 18 heavy (non-hydrogen) atoms. The van der Waals surface area contributed by atoms with E-state index in [4.69, 9.17) is 9.15 Å². The first-order valence-corrected chi connectivity index (χ1v) is 6.36. The minimum absolute atomic E-state index is 0.123. The third-order valence-electron chi connectivity index (χ3n) is 2.71. The van der Waals surface area contributed by atoms with Crippen LogP contribution in [0.15, 0.2) is 28.2 Å². The maximum Gasteiger partial charge on any atom is 0.307 e. The summed E-state index contributed by atoms with van der Waals surface area (Å²) in [4.78, 5) is 11.0. The number of thioether (sulfide) groups is 1. The summed E-state index contributed by atoms with van der Waals surface area (Å²) in [6.45, 7) is 0.442. The van der Waals surface area contributed by atoms with Gasteiger partial charge in [0.1, 0.15) is 12.9 Å². The van der Waals surface area contributed by atoms with Crippen LogP contribution in [0.4, 0.5) is 0 Å². The fourth-order valence-corrected chi connectivity index (χ4v) is 2.76. The van der Waals surface area contributed by atoms with E-state index in [-0.39, 0.29) is 11.2 Å². The maximum absolute atomic E-state index is 11.0.